The molecular weight excluding hydrogens is 589 g/mol. The molecule has 1 N–H and O–H groups in total. The Morgan fingerprint density at radius 2 is 1.89 bits per heavy atom. The van der Waals surface area contributed by atoms with Crippen molar-refractivity contribution in [3.63, 3.8) is 0 Å². The SMILES string of the molecule is CC#CC(=O)N1CC(Oc2cc3c(Nc4ccc(Oc5nc(-c6cnc(OC)nc6)cs5)cc4F)ncnc3cc2OC)C1. The molecule has 1 aliphatic rings. The highest BCUT2D eigenvalue weighted by Crippen LogP contribution is 2.37. The van der Waals surface area contributed by atoms with Crippen molar-refractivity contribution in [2.24, 2.45) is 0 Å². The fourth-order valence-corrected chi connectivity index (χ4v) is 5.04. The van der Waals surface area contributed by atoms with Crippen LogP contribution in [0.15, 0.2) is 54.4 Å². The number of fused-ring (bicyclic) bond motifs is 1. The van der Waals surface area contributed by atoms with Crippen LogP contribution in [0.25, 0.3) is 22.2 Å². The molecule has 222 valence electrons. The van der Waals surface area contributed by atoms with Crippen LogP contribution in [0.3, 0.4) is 0 Å². The van der Waals surface area contributed by atoms with Gasteiger partial charge < -0.3 is 29.2 Å². The number of thiazole rings is 1. The molecule has 0 bridgehead atoms. The highest BCUT2D eigenvalue weighted by Gasteiger charge is 2.32. The Hall–Kier alpha value is -5.55. The number of nitrogens with zero attached hydrogens (tertiary/aromatic N) is 6. The molecule has 1 amide bonds. The van der Waals surface area contributed by atoms with Crippen LogP contribution in [-0.2, 0) is 4.79 Å². The third-order valence-electron chi connectivity index (χ3n) is 6.57. The molecule has 3 aromatic heterocycles. The number of hydrogen-bond acceptors (Lipinski definition) is 12. The van der Waals surface area contributed by atoms with E-state index in [0.717, 1.165) is 0 Å². The fourth-order valence-electron chi connectivity index (χ4n) is 4.34. The molecule has 1 aliphatic heterocycles. The van der Waals surface area contributed by atoms with Crippen molar-refractivity contribution >= 4 is 39.7 Å². The summed E-state index contributed by atoms with van der Waals surface area (Å²) in [6.07, 6.45) is 4.34. The first-order chi connectivity index (χ1) is 21.4. The summed E-state index contributed by atoms with van der Waals surface area (Å²) in [5.41, 5.74) is 2.06. The number of methoxy groups -OCH3 is 2. The van der Waals surface area contributed by atoms with Gasteiger partial charge in [-0.3, -0.25) is 4.79 Å². The summed E-state index contributed by atoms with van der Waals surface area (Å²) in [6, 6.07) is 8.13. The number of ether oxygens (including phenoxy) is 4. The largest absolute Gasteiger partial charge is 0.493 e. The van der Waals surface area contributed by atoms with Gasteiger partial charge in [0.1, 0.15) is 29.8 Å². The molecule has 14 heteroatoms. The minimum absolute atomic E-state index is 0.177. The zero-order valence-electron chi connectivity index (χ0n) is 23.7. The number of likely N-dealkylation sites (tertiary alicyclic amines) is 1. The van der Waals surface area contributed by atoms with Crippen molar-refractivity contribution in [2.75, 3.05) is 32.6 Å². The summed E-state index contributed by atoms with van der Waals surface area (Å²) in [5.74, 6) is 5.88. The van der Waals surface area contributed by atoms with E-state index in [0.29, 0.717) is 57.8 Å². The van der Waals surface area contributed by atoms with Gasteiger partial charge in [0, 0.05) is 40.9 Å². The Morgan fingerprint density at radius 3 is 2.61 bits per heavy atom. The number of aromatic nitrogens is 5. The van der Waals surface area contributed by atoms with Crippen LogP contribution in [-0.4, -0.2) is 69.1 Å². The summed E-state index contributed by atoms with van der Waals surface area (Å²) in [6.45, 7) is 2.43. The normalized spacial score (nSPS) is 12.6. The van der Waals surface area contributed by atoms with E-state index in [4.69, 9.17) is 18.9 Å². The van der Waals surface area contributed by atoms with Crippen molar-refractivity contribution in [1.82, 2.24) is 29.8 Å². The molecule has 5 aromatic rings. The first kappa shape index (κ1) is 28.6. The minimum atomic E-state index is -0.561. The molecule has 1 fully saturated rings. The number of rotatable bonds is 9. The van der Waals surface area contributed by atoms with Gasteiger partial charge in [-0.2, -0.15) is 0 Å². The molecule has 0 saturated carbocycles. The van der Waals surface area contributed by atoms with E-state index in [1.165, 1.54) is 38.0 Å². The lowest BCUT2D eigenvalue weighted by Gasteiger charge is -2.37. The summed E-state index contributed by atoms with van der Waals surface area (Å²) in [5, 5.41) is 5.75. The van der Waals surface area contributed by atoms with E-state index in [1.54, 1.807) is 53.9 Å². The quantitative estimate of drug-likeness (QED) is 0.229. The fraction of sp³-hybridized carbons (Fsp3) is 0.200. The van der Waals surface area contributed by atoms with Crippen molar-refractivity contribution in [1.29, 1.82) is 0 Å². The average molecular weight is 614 g/mol. The molecule has 0 radical (unpaired) electrons. The van der Waals surface area contributed by atoms with Gasteiger partial charge in [0.25, 0.3) is 11.1 Å². The molecule has 44 heavy (non-hydrogen) atoms. The van der Waals surface area contributed by atoms with Crippen LogP contribution in [0.1, 0.15) is 6.92 Å². The summed E-state index contributed by atoms with van der Waals surface area (Å²) < 4.78 is 37.7. The van der Waals surface area contributed by atoms with Gasteiger partial charge in [-0.15, -0.1) is 0 Å². The second-order valence-electron chi connectivity index (χ2n) is 9.39. The highest BCUT2D eigenvalue weighted by molar-refractivity contribution is 7.11. The van der Waals surface area contributed by atoms with E-state index < -0.39 is 5.82 Å². The van der Waals surface area contributed by atoms with Crippen molar-refractivity contribution < 1.29 is 28.1 Å². The number of hydrogen-bond donors (Lipinski definition) is 1. The van der Waals surface area contributed by atoms with Gasteiger partial charge in [-0.1, -0.05) is 17.3 Å². The second kappa shape index (κ2) is 12.4. The van der Waals surface area contributed by atoms with Gasteiger partial charge >= 0.3 is 6.01 Å². The van der Waals surface area contributed by atoms with Gasteiger partial charge in [-0.25, -0.2) is 29.3 Å². The maximum Gasteiger partial charge on any atom is 0.316 e. The lowest BCUT2D eigenvalue weighted by Crippen LogP contribution is -2.55. The molecule has 0 unspecified atom stereocenters. The standard InChI is InChI=1S/C30H24FN7O5S/c1-4-5-27(39)38-13-19(14-38)42-26-9-20-23(10-25(26)40-2)34-16-35-28(20)36-22-7-6-18(8-21(22)31)43-30-37-24(15-44-30)17-11-32-29(41-3)33-12-17/h6-12,15-16,19H,13-14H2,1-3H3,(H,34,35,36). The molecular formula is C30H24FN7O5S. The molecule has 2 aromatic carbocycles. The Labute approximate surface area is 254 Å². The van der Waals surface area contributed by atoms with Crippen molar-refractivity contribution in [2.45, 2.75) is 13.0 Å². The van der Waals surface area contributed by atoms with Crippen molar-refractivity contribution in [3.8, 4) is 51.6 Å². The molecule has 12 nitrogen and oxygen atoms in total. The van der Waals surface area contributed by atoms with Crippen molar-refractivity contribution in [3.05, 3.63) is 60.3 Å². The Bertz CT molecular complexity index is 1900. The van der Waals surface area contributed by atoms with Gasteiger partial charge in [-0.05, 0) is 31.0 Å². The number of carbonyl (C=O) groups is 1. The first-order valence-electron chi connectivity index (χ1n) is 13.2. The average Bonchev–Trinajstić information content (AvgIpc) is 3.48. The van der Waals surface area contributed by atoms with Crippen LogP contribution < -0.4 is 24.3 Å². The highest BCUT2D eigenvalue weighted by atomic mass is 32.1. The van der Waals surface area contributed by atoms with Gasteiger partial charge in [0.2, 0.25) is 0 Å². The lowest BCUT2D eigenvalue weighted by atomic mass is 10.1. The molecule has 0 spiro atoms. The van der Waals surface area contributed by atoms with Crippen LogP contribution in [0.4, 0.5) is 15.9 Å². The summed E-state index contributed by atoms with van der Waals surface area (Å²) in [7, 11) is 3.02. The maximum atomic E-state index is 15.2. The van der Waals surface area contributed by atoms with E-state index in [1.807, 2.05) is 0 Å². The Morgan fingerprint density at radius 1 is 1.07 bits per heavy atom. The number of carbonyl (C=O) groups excluding carboxylic acids is 1. The van der Waals surface area contributed by atoms with E-state index >= 15 is 4.39 Å². The zero-order chi connectivity index (χ0) is 30.6. The van der Waals surface area contributed by atoms with Crippen LogP contribution >= 0.6 is 11.3 Å². The maximum absolute atomic E-state index is 15.2. The first-order valence-corrected chi connectivity index (χ1v) is 14.1. The minimum Gasteiger partial charge on any atom is -0.493 e. The van der Waals surface area contributed by atoms with Crippen LogP contribution in [0, 0.1) is 17.7 Å². The topological polar surface area (TPSA) is 134 Å². The van der Waals surface area contributed by atoms with E-state index in [9.17, 15) is 4.79 Å². The molecule has 1 saturated heterocycles. The van der Waals surface area contributed by atoms with Gasteiger partial charge in [0.15, 0.2) is 11.5 Å². The third-order valence-corrected chi connectivity index (χ3v) is 7.29. The third kappa shape index (κ3) is 5.99. The molecule has 0 aliphatic carbocycles. The summed E-state index contributed by atoms with van der Waals surface area (Å²) in [4.78, 5) is 34.8. The summed E-state index contributed by atoms with van der Waals surface area (Å²) >= 11 is 1.26. The molecule has 4 heterocycles. The number of nitrogens with one attached hydrogen (secondary N) is 1. The number of benzene rings is 2. The lowest BCUT2D eigenvalue weighted by molar-refractivity contribution is -0.133. The molecule has 6 rings (SSSR count). The monoisotopic (exact) mass is 613 g/mol. The number of anilines is 2. The van der Waals surface area contributed by atoms with Crippen LogP contribution in [0.2, 0.25) is 0 Å². The Balaban J connectivity index is 1.17. The second-order valence-corrected chi connectivity index (χ2v) is 10.2. The predicted molar refractivity (Wildman–Crippen MR) is 160 cm³/mol. The number of halogens is 1. The zero-order valence-corrected chi connectivity index (χ0v) is 24.5. The predicted octanol–water partition coefficient (Wildman–Crippen LogP) is 4.85. The van der Waals surface area contributed by atoms with Gasteiger partial charge in [0.05, 0.1) is 44.2 Å². The number of amides is 1. The Kier molecular flexibility index (Phi) is 8.02. The molecule has 0 atom stereocenters. The smallest absolute Gasteiger partial charge is 0.316 e. The van der Waals surface area contributed by atoms with E-state index in [2.05, 4.69) is 42.1 Å². The van der Waals surface area contributed by atoms with E-state index in [-0.39, 0.29) is 29.5 Å². The van der Waals surface area contributed by atoms with Crippen LogP contribution in [0.5, 0.6) is 28.5 Å².